The minimum atomic E-state index is -0.861. The van der Waals surface area contributed by atoms with Gasteiger partial charge in [-0.15, -0.1) is 0 Å². The quantitative estimate of drug-likeness (QED) is 0.501. The fraction of sp³-hybridized carbons (Fsp3) is 0.296. The number of nitrogens with zero attached hydrogens (tertiary/aromatic N) is 2. The van der Waals surface area contributed by atoms with Crippen LogP contribution < -0.4 is 0 Å². The molecule has 3 aromatic carbocycles. The molecule has 4 rings (SSSR count). The van der Waals surface area contributed by atoms with Crippen LogP contribution in [0.4, 0.5) is 0 Å². The zero-order valence-electron chi connectivity index (χ0n) is 18.4. The summed E-state index contributed by atoms with van der Waals surface area (Å²) < 4.78 is 18.3. The first-order chi connectivity index (χ1) is 16.3. The highest BCUT2D eigenvalue weighted by Gasteiger charge is 2.51. The van der Waals surface area contributed by atoms with Gasteiger partial charge in [-0.2, -0.15) is 10.3 Å². The van der Waals surface area contributed by atoms with E-state index in [4.69, 9.17) is 14.2 Å². The van der Waals surface area contributed by atoms with Crippen molar-refractivity contribution in [2.45, 2.75) is 44.1 Å². The number of hydroxylamine groups is 2. The molecule has 6 heteroatoms. The molecule has 0 amide bonds. The van der Waals surface area contributed by atoms with Crippen LogP contribution >= 0.6 is 0 Å². The lowest BCUT2D eigenvalue weighted by Crippen LogP contribution is -2.40. The highest BCUT2D eigenvalue weighted by Crippen LogP contribution is 2.30. The predicted molar refractivity (Wildman–Crippen MR) is 123 cm³/mol. The number of hydrogen-bond donors (Lipinski definition) is 1. The minimum absolute atomic E-state index is 0.203. The summed E-state index contributed by atoms with van der Waals surface area (Å²) in [5, 5.41) is 21.7. The number of ether oxygens (including phenoxy) is 3. The van der Waals surface area contributed by atoms with Crippen LogP contribution in [0.15, 0.2) is 91.0 Å². The van der Waals surface area contributed by atoms with Crippen LogP contribution in [-0.2, 0) is 34.0 Å². The first kappa shape index (κ1) is 23.1. The molecule has 0 aromatic heterocycles. The van der Waals surface area contributed by atoms with Crippen molar-refractivity contribution in [3.8, 4) is 6.07 Å². The Morgan fingerprint density at radius 1 is 0.697 bits per heavy atom. The Bertz CT molecular complexity index is 1010. The second kappa shape index (κ2) is 11.7. The molecule has 0 radical (unpaired) electrons. The third-order valence-corrected chi connectivity index (χ3v) is 5.74. The molecule has 170 valence electrons. The van der Waals surface area contributed by atoms with Crippen LogP contribution in [0.1, 0.15) is 16.7 Å². The van der Waals surface area contributed by atoms with E-state index in [0.717, 1.165) is 21.8 Å². The molecule has 0 unspecified atom stereocenters. The molecule has 0 bridgehead atoms. The second-order valence-corrected chi connectivity index (χ2v) is 8.04. The zero-order valence-corrected chi connectivity index (χ0v) is 18.4. The summed E-state index contributed by atoms with van der Waals surface area (Å²) in [7, 11) is 0. The summed E-state index contributed by atoms with van der Waals surface area (Å²) in [5.74, 6) is 0. The molecule has 1 aliphatic rings. The number of hydrogen-bond acceptors (Lipinski definition) is 6. The standard InChI is InChI=1S/C27H28N2O4/c28-16-24-26(32-18-22-12-6-2-7-13-22)27(33-19-23-14-8-3-9-15-23)25(29(24)30)20-31-17-21-10-4-1-5-11-21/h1-15,24-27,30H,17-20H2/t24-,25-,26-,27+/m0/s1. The van der Waals surface area contributed by atoms with E-state index in [0.29, 0.717) is 19.8 Å². The molecule has 1 aliphatic heterocycles. The van der Waals surface area contributed by atoms with Crippen molar-refractivity contribution in [2.24, 2.45) is 0 Å². The molecule has 6 nitrogen and oxygen atoms in total. The molecule has 1 N–H and O–H groups in total. The van der Waals surface area contributed by atoms with Crippen LogP contribution in [0.25, 0.3) is 0 Å². The number of nitriles is 1. The molecule has 0 spiro atoms. The lowest BCUT2D eigenvalue weighted by Gasteiger charge is -2.25. The van der Waals surface area contributed by atoms with Gasteiger partial charge in [0, 0.05) is 0 Å². The Hall–Kier alpha value is -3.05. The van der Waals surface area contributed by atoms with Crippen LogP contribution in [-0.4, -0.2) is 41.2 Å². The second-order valence-electron chi connectivity index (χ2n) is 8.04. The average molecular weight is 445 g/mol. The van der Waals surface area contributed by atoms with Crippen LogP contribution in [0, 0.1) is 11.3 Å². The monoisotopic (exact) mass is 444 g/mol. The van der Waals surface area contributed by atoms with Gasteiger partial charge in [0.25, 0.3) is 0 Å². The highest BCUT2D eigenvalue weighted by atomic mass is 16.6. The average Bonchev–Trinajstić information content (AvgIpc) is 3.13. The van der Waals surface area contributed by atoms with Crippen LogP contribution in [0.3, 0.4) is 0 Å². The topological polar surface area (TPSA) is 75.0 Å². The summed E-state index contributed by atoms with van der Waals surface area (Å²) >= 11 is 0. The van der Waals surface area contributed by atoms with Gasteiger partial charge in [-0.05, 0) is 16.7 Å². The van der Waals surface area contributed by atoms with E-state index in [9.17, 15) is 10.5 Å². The first-order valence-corrected chi connectivity index (χ1v) is 11.1. The SMILES string of the molecule is N#C[C@H]1[C@H](OCc2ccccc2)[C@H](OCc2ccccc2)[C@H](COCc2ccccc2)N1O. The van der Waals surface area contributed by atoms with Crippen LogP contribution in [0.5, 0.6) is 0 Å². The highest BCUT2D eigenvalue weighted by molar-refractivity contribution is 5.16. The van der Waals surface area contributed by atoms with Gasteiger partial charge in [0.15, 0.2) is 6.04 Å². The first-order valence-electron chi connectivity index (χ1n) is 11.1. The van der Waals surface area contributed by atoms with Crippen LogP contribution in [0.2, 0.25) is 0 Å². The molecule has 4 atom stereocenters. The Balaban J connectivity index is 1.48. The largest absolute Gasteiger partial charge is 0.375 e. The summed E-state index contributed by atoms with van der Waals surface area (Å²) in [6.07, 6.45) is -1.17. The third kappa shape index (κ3) is 6.05. The minimum Gasteiger partial charge on any atom is -0.375 e. The fourth-order valence-corrected chi connectivity index (χ4v) is 4.01. The normalized spacial score (nSPS) is 22.8. The van der Waals surface area contributed by atoms with Gasteiger partial charge in [0.2, 0.25) is 0 Å². The molecule has 3 aromatic rings. The van der Waals surface area contributed by atoms with Gasteiger partial charge in [0.05, 0.1) is 38.5 Å². The van der Waals surface area contributed by atoms with Crippen molar-refractivity contribution >= 4 is 0 Å². The van der Waals surface area contributed by atoms with Crippen molar-refractivity contribution in [1.82, 2.24) is 5.06 Å². The lowest BCUT2D eigenvalue weighted by molar-refractivity contribution is -0.155. The zero-order chi connectivity index (χ0) is 22.9. The van der Waals surface area contributed by atoms with E-state index in [-0.39, 0.29) is 6.61 Å². The molecule has 1 fully saturated rings. The Morgan fingerprint density at radius 2 is 1.15 bits per heavy atom. The van der Waals surface area contributed by atoms with E-state index in [1.54, 1.807) is 0 Å². The van der Waals surface area contributed by atoms with Gasteiger partial charge >= 0.3 is 0 Å². The summed E-state index contributed by atoms with van der Waals surface area (Å²) in [5.41, 5.74) is 3.04. The Labute approximate surface area is 194 Å². The molecular formula is C27H28N2O4. The van der Waals surface area contributed by atoms with Crippen molar-refractivity contribution < 1.29 is 19.4 Å². The van der Waals surface area contributed by atoms with E-state index >= 15 is 0 Å². The third-order valence-electron chi connectivity index (χ3n) is 5.74. The Kier molecular flexibility index (Phi) is 8.20. The van der Waals surface area contributed by atoms with Gasteiger partial charge in [0.1, 0.15) is 12.2 Å². The van der Waals surface area contributed by atoms with Gasteiger partial charge in [-0.25, -0.2) is 0 Å². The number of rotatable bonds is 10. The molecule has 0 saturated carbocycles. The lowest BCUT2D eigenvalue weighted by atomic mass is 10.1. The Morgan fingerprint density at radius 3 is 1.64 bits per heavy atom. The molecule has 0 aliphatic carbocycles. The molecular weight excluding hydrogens is 416 g/mol. The van der Waals surface area contributed by atoms with Crippen molar-refractivity contribution in [1.29, 1.82) is 5.26 Å². The smallest absolute Gasteiger partial charge is 0.151 e. The maximum atomic E-state index is 10.9. The predicted octanol–water partition coefficient (Wildman–Crippen LogP) is 4.34. The molecule has 1 heterocycles. The maximum absolute atomic E-state index is 10.9. The fourth-order valence-electron chi connectivity index (χ4n) is 4.01. The summed E-state index contributed by atoms with van der Waals surface area (Å²) in [4.78, 5) is 0. The van der Waals surface area contributed by atoms with Gasteiger partial charge in [-0.3, -0.25) is 0 Å². The molecule has 33 heavy (non-hydrogen) atoms. The maximum Gasteiger partial charge on any atom is 0.151 e. The van der Waals surface area contributed by atoms with Crippen molar-refractivity contribution in [3.05, 3.63) is 108 Å². The summed E-state index contributed by atoms with van der Waals surface area (Å²) in [6, 6.07) is 30.2. The van der Waals surface area contributed by atoms with Crippen molar-refractivity contribution in [3.63, 3.8) is 0 Å². The van der Waals surface area contributed by atoms with Gasteiger partial charge in [-0.1, -0.05) is 91.0 Å². The summed E-state index contributed by atoms with van der Waals surface area (Å²) in [6.45, 7) is 1.27. The van der Waals surface area contributed by atoms with Crippen molar-refractivity contribution in [2.75, 3.05) is 6.61 Å². The van der Waals surface area contributed by atoms with Gasteiger partial charge < -0.3 is 19.4 Å². The van der Waals surface area contributed by atoms with E-state index < -0.39 is 24.3 Å². The van der Waals surface area contributed by atoms with E-state index in [2.05, 4.69) is 6.07 Å². The number of benzene rings is 3. The molecule has 1 saturated heterocycles. The van der Waals surface area contributed by atoms with E-state index in [1.165, 1.54) is 0 Å². The van der Waals surface area contributed by atoms with E-state index in [1.807, 2.05) is 91.0 Å².